The average molecular weight is 337 g/mol. The van der Waals surface area contributed by atoms with E-state index in [1.54, 1.807) is 12.1 Å². The number of halogens is 2. The predicted molar refractivity (Wildman–Crippen MR) is 93.6 cm³/mol. The maximum Gasteiger partial charge on any atom is 0.142 e. The molecule has 5 heteroatoms. The van der Waals surface area contributed by atoms with Gasteiger partial charge in [-0.25, -0.2) is 0 Å². The van der Waals surface area contributed by atoms with E-state index in [1.165, 1.54) is 0 Å². The van der Waals surface area contributed by atoms with Crippen LogP contribution in [0.2, 0.25) is 10.0 Å². The molecule has 0 saturated carbocycles. The van der Waals surface area contributed by atoms with E-state index in [0.717, 1.165) is 29.7 Å². The zero-order chi connectivity index (χ0) is 15.9. The molecule has 116 valence electrons. The van der Waals surface area contributed by atoms with E-state index in [-0.39, 0.29) is 0 Å². The fourth-order valence-corrected chi connectivity index (χ4v) is 2.31. The molecule has 0 fully saturated rings. The van der Waals surface area contributed by atoms with E-state index in [0.29, 0.717) is 22.3 Å². The second-order valence-corrected chi connectivity index (χ2v) is 5.79. The Morgan fingerprint density at radius 1 is 1.09 bits per heavy atom. The Bertz CT molecular complexity index is 654. The highest BCUT2D eigenvalue weighted by molar-refractivity contribution is 6.31. The minimum atomic E-state index is 0.380. The van der Waals surface area contributed by atoms with Crippen molar-refractivity contribution in [2.45, 2.75) is 26.4 Å². The van der Waals surface area contributed by atoms with Gasteiger partial charge in [-0.15, -0.1) is 0 Å². The van der Waals surface area contributed by atoms with Gasteiger partial charge >= 0.3 is 0 Å². The summed E-state index contributed by atoms with van der Waals surface area (Å²) < 4.78 is 0. The third kappa shape index (κ3) is 4.65. The molecule has 0 amide bonds. The van der Waals surface area contributed by atoms with Crippen LogP contribution in [0.15, 0.2) is 47.6 Å². The van der Waals surface area contributed by atoms with Gasteiger partial charge in [-0.3, -0.25) is 0 Å². The number of hydrogen-bond acceptors (Lipinski definition) is 3. The first-order valence-corrected chi connectivity index (χ1v) is 7.84. The van der Waals surface area contributed by atoms with Crippen molar-refractivity contribution in [2.75, 3.05) is 5.73 Å². The standard InChI is InChI=1S/C17H18Cl2N2O/c1-2-3-17(15-10-14(19)8-9-16(15)20)21-22-11-12-4-6-13(18)7-5-12/h4-10H,2-3,11,20H2,1H3/b21-17+. The molecule has 0 saturated heterocycles. The van der Waals surface area contributed by atoms with Gasteiger partial charge in [0.25, 0.3) is 0 Å². The van der Waals surface area contributed by atoms with E-state index >= 15 is 0 Å². The van der Waals surface area contributed by atoms with E-state index in [4.69, 9.17) is 33.8 Å². The Morgan fingerprint density at radius 2 is 1.77 bits per heavy atom. The summed E-state index contributed by atoms with van der Waals surface area (Å²) in [7, 11) is 0. The van der Waals surface area contributed by atoms with Gasteiger partial charge in [0.05, 0.1) is 5.71 Å². The fourth-order valence-electron chi connectivity index (χ4n) is 2.01. The number of nitrogen functional groups attached to an aromatic ring is 1. The Balaban J connectivity index is 2.13. The first kappa shape index (κ1) is 16.7. The number of benzene rings is 2. The highest BCUT2D eigenvalue weighted by atomic mass is 35.5. The number of hydrogen-bond donors (Lipinski definition) is 1. The van der Waals surface area contributed by atoms with Crippen LogP contribution in [0.3, 0.4) is 0 Å². The molecule has 0 heterocycles. The molecule has 0 aliphatic rings. The molecular weight excluding hydrogens is 319 g/mol. The van der Waals surface area contributed by atoms with Crippen LogP contribution < -0.4 is 5.73 Å². The molecule has 2 aromatic rings. The Hall–Kier alpha value is -1.71. The Morgan fingerprint density at radius 3 is 2.45 bits per heavy atom. The number of oxime groups is 1. The van der Waals surface area contributed by atoms with Crippen LogP contribution in [-0.2, 0) is 11.4 Å². The summed E-state index contributed by atoms with van der Waals surface area (Å²) in [6, 6.07) is 12.8. The van der Waals surface area contributed by atoms with Gasteiger partial charge in [0.1, 0.15) is 6.61 Å². The van der Waals surface area contributed by atoms with Crippen LogP contribution in [0, 0.1) is 0 Å². The third-order valence-electron chi connectivity index (χ3n) is 3.13. The molecule has 0 aliphatic carbocycles. The predicted octanol–water partition coefficient (Wildman–Crippen LogP) is 5.30. The number of anilines is 1. The van der Waals surface area contributed by atoms with Gasteiger partial charge in [0.2, 0.25) is 0 Å². The van der Waals surface area contributed by atoms with Gasteiger partial charge in [0, 0.05) is 21.3 Å². The molecule has 22 heavy (non-hydrogen) atoms. The molecule has 2 N–H and O–H groups in total. The highest BCUT2D eigenvalue weighted by Gasteiger charge is 2.09. The van der Waals surface area contributed by atoms with Crippen LogP contribution in [0.25, 0.3) is 0 Å². The van der Waals surface area contributed by atoms with Gasteiger partial charge in [-0.1, -0.05) is 53.8 Å². The lowest BCUT2D eigenvalue weighted by molar-refractivity contribution is 0.130. The maximum atomic E-state index is 6.04. The zero-order valence-electron chi connectivity index (χ0n) is 12.4. The van der Waals surface area contributed by atoms with Crippen molar-refractivity contribution in [3.05, 3.63) is 63.6 Å². The van der Waals surface area contributed by atoms with Gasteiger partial charge in [-0.05, 0) is 42.3 Å². The zero-order valence-corrected chi connectivity index (χ0v) is 13.9. The van der Waals surface area contributed by atoms with E-state index in [1.807, 2.05) is 30.3 Å². The van der Waals surface area contributed by atoms with Crippen molar-refractivity contribution in [2.24, 2.45) is 5.16 Å². The maximum absolute atomic E-state index is 6.04. The molecule has 3 nitrogen and oxygen atoms in total. The monoisotopic (exact) mass is 336 g/mol. The first-order valence-electron chi connectivity index (χ1n) is 7.09. The number of rotatable bonds is 6. The van der Waals surface area contributed by atoms with Crippen molar-refractivity contribution in [1.29, 1.82) is 0 Å². The second kappa shape index (κ2) is 8.06. The number of nitrogens with zero attached hydrogens (tertiary/aromatic N) is 1. The quantitative estimate of drug-likeness (QED) is 0.442. The topological polar surface area (TPSA) is 47.6 Å². The minimum absolute atomic E-state index is 0.380. The molecule has 0 spiro atoms. The summed E-state index contributed by atoms with van der Waals surface area (Å²) in [5, 5.41) is 5.58. The average Bonchev–Trinajstić information content (AvgIpc) is 2.51. The van der Waals surface area contributed by atoms with Crippen molar-refractivity contribution in [3.8, 4) is 0 Å². The second-order valence-electron chi connectivity index (χ2n) is 4.92. The summed E-state index contributed by atoms with van der Waals surface area (Å²) in [5.74, 6) is 0. The van der Waals surface area contributed by atoms with Crippen LogP contribution in [0.1, 0.15) is 30.9 Å². The summed E-state index contributed by atoms with van der Waals surface area (Å²) in [5.41, 5.74) is 9.29. The van der Waals surface area contributed by atoms with Crippen LogP contribution >= 0.6 is 23.2 Å². The Kier molecular flexibility index (Phi) is 6.10. The highest BCUT2D eigenvalue weighted by Crippen LogP contribution is 2.21. The molecule has 2 rings (SSSR count). The van der Waals surface area contributed by atoms with Crippen LogP contribution in [0.5, 0.6) is 0 Å². The van der Waals surface area contributed by atoms with Crippen LogP contribution in [-0.4, -0.2) is 5.71 Å². The van der Waals surface area contributed by atoms with Gasteiger partial charge < -0.3 is 10.6 Å². The fraction of sp³-hybridized carbons (Fsp3) is 0.235. The Labute approximate surface area is 140 Å². The smallest absolute Gasteiger partial charge is 0.142 e. The summed E-state index contributed by atoms with van der Waals surface area (Å²) in [4.78, 5) is 5.47. The lowest BCUT2D eigenvalue weighted by Crippen LogP contribution is -2.06. The summed E-state index contributed by atoms with van der Waals surface area (Å²) in [6.45, 7) is 2.46. The first-order chi connectivity index (χ1) is 10.6. The SMILES string of the molecule is CCC/C(=N\OCc1ccc(Cl)cc1)c1cc(Cl)ccc1N. The largest absolute Gasteiger partial charge is 0.398 e. The van der Waals surface area contributed by atoms with Crippen LogP contribution in [0.4, 0.5) is 5.69 Å². The lowest BCUT2D eigenvalue weighted by Gasteiger charge is -2.09. The van der Waals surface area contributed by atoms with Crippen molar-refractivity contribution < 1.29 is 4.84 Å². The molecule has 0 atom stereocenters. The summed E-state index contributed by atoms with van der Waals surface area (Å²) in [6.07, 6.45) is 1.71. The van der Waals surface area contributed by atoms with E-state index < -0.39 is 0 Å². The molecule has 0 aromatic heterocycles. The molecule has 2 aromatic carbocycles. The minimum Gasteiger partial charge on any atom is -0.398 e. The van der Waals surface area contributed by atoms with Gasteiger partial charge in [0.15, 0.2) is 0 Å². The van der Waals surface area contributed by atoms with Gasteiger partial charge in [-0.2, -0.15) is 0 Å². The normalized spacial score (nSPS) is 11.5. The van der Waals surface area contributed by atoms with Crippen molar-refractivity contribution in [3.63, 3.8) is 0 Å². The molecule has 0 unspecified atom stereocenters. The molecule has 0 aliphatic heterocycles. The van der Waals surface area contributed by atoms with Crippen molar-refractivity contribution in [1.82, 2.24) is 0 Å². The lowest BCUT2D eigenvalue weighted by atomic mass is 10.0. The molecular formula is C17H18Cl2N2O. The summed E-state index contributed by atoms with van der Waals surface area (Å²) >= 11 is 11.9. The molecule has 0 radical (unpaired) electrons. The number of nitrogens with two attached hydrogens (primary N) is 1. The van der Waals surface area contributed by atoms with Crippen molar-refractivity contribution >= 4 is 34.6 Å². The van der Waals surface area contributed by atoms with E-state index in [2.05, 4.69) is 12.1 Å². The molecule has 0 bridgehead atoms. The third-order valence-corrected chi connectivity index (χ3v) is 3.62. The van der Waals surface area contributed by atoms with E-state index in [9.17, 15) is 0 Å².